The van der Waals surface area contributed by atoms with Crippen molar-refractivity contribution < 1.29 is 19.7 Å². The van der Waals surface area contributed by atoms with E-state index in [0.717, 1.165) is 67.5 Å². The minimum absolute atomic E-state index is 0.209. The number of aliphatic carboxylic acids is 1. The average molecular weight is 505 g/mol. The van der Waals surface area contributed by atoms with Crippen LogP contribution in [0.1, 0.15) is 62.2 Å². The third kappa shape index (κ3) is 7.76. The lowest BCUT2D eigenvalue weighted by Crippen LogP contribution is -2.41. The zero-order valence-corrected chi connectivity index (χ0v) is 21.9. The molecule has 1 aromatic heterocycles. The van der Waals surface area contributed by atoms with Crippen LogP contribution < -0.4 is 4.74 Å². The standard InChI is InChI=1S/C31H40N2O4/c1-37-26-12-13-29-28(21-26)27(16-18-32-29)30(34)14-10-24-17-20-33(22-25(24)11-15-31(35)36)19-6-5-9-23-7-3-2-4-8-23/h2-4,7-8,12-13,16,18,21,24-25,30,34H,5-6,9-11,14-15,17,19-20,22H2,1H3,(H,35,36)/t24?,25?,30-/m0/s1. The molecule has 6 nitrogen and oxygen atoms in total. The number of fused-ring (bicyclic) bond motifs is 1. The SMILES string of the molecule is COc1ccc2nccc([C@@H](O)CCC3CCN(CCCCc4ccccc4)CC3CCC(=O)O)c2c1. The second-order valence-electron chi connectivity index (χ2n) is 10.4. The molecule has 0 spiro atoms. The van der Waals surface area contributed by atoms with E-state index in [1.54, 1.807) is 13.3 Å². The van der Waals surface area contributed by atoms with Crippen LogP contribution >= 0.6 is 0 Å². The Kier molecular flexibility index (Phi) is 9.92. The van der Waals surface area contributed by atoms with Gasteiger partial charge in [-0.2, -0.15) is 0 Å². The molecule has 1 aliphatic heterocycles. The number of methoxy groups -OCH3 is 1. The van der Waals surface area contributed by atoms with Crippen molar-refractivity contribution >= 4 is 16.9 Å². The molecule has 1 aliphatic rings. The van der Waals surface area contributed by atoms with Crippen molar-refractivity contribution in [1.29, 1.82) is 0 Å². The molecule has 0 saturated carbocycles. The Labute approximate surface area is 220 Å². The van der Waals surface area contributed by atoms with Gasteiger partial charge in [-0.15, -0.1) is 0 Å². The first-order valence-corrected chi connectivity index (χ1v) is 13.6. The molecule has 3 atom stereocenters. The molecule has 0 radical (unpaired) electrons. The fraction of sp³-hybridized carbons (Fsp3) is 0.484. The number of piperidine rings is 1. The predicted molar refractivity (Wildman–Crippen MR) is 147 cm³/mol. The molecule has 0 aliphatic carbocycles. The smallest absolute Gasteiger partial charge is 0.303 e. The topological polar surface area (TPSA) is 82.9 Å². The van der Waals surface area contributed by atoms with Crippen LogP contribution in [0.3, 0.4) is 0 Å². The van der Waals surface area contributed by atoms with Crippen molar-refractivity contribution in [2.45, 2.75) is 57.5 Å². The third-order valence-corrected chi connectivity index (χ3v) is 7.89. The van der Waals surface area contributed by atoms with Crippen LogP contribution in [-0.4, -0.2) is 52.8 Å². The second-order valence-corrected chi connectivity index (χ2v) is 10.4. The number of unbranched alkanes of at least 4 members (excludes halogenated alkanes) is 1. The maximum Gasteiger partial charge on any atom is 0.303 e. The molecule has 0 bridgehead atoms. The number of aliphatic hydroxyl groups excluding tert-OH is 1. The lowest BCUT2D eigenvalue weighted by molar-refractivity contribution is -0.137. The van der Waals surface area contributed by atoms with Crippen LogP contribution in [-0.2, 0) is 11.2 Å². The summed E-state index contributed by atoms with van der Waals surface area (Å²) in [6.07, 6.45) is 8.10. The van der Waals surface area contributed by atoms with E-state index >= 15 is 0 Å². The summed E-state index contributed by atoms with van der Waals surface area (Å²) in [6.45, 7) is 3.07. The number of carboxylic acids is 1. The van der Waals surface area contributed by atoms with Crippen LogP contribution in [0.15, 0.2) is 60.8 Å². The summed E-state index contributed by atoms with van der Waals surface area (Å²) in [4.78, 5) is 18.3. The van der Waals surface area contributed by atoms with E-state index in [-0.39, 0.29) is 6.42 Å². The number of benzene rings is 2. The predicted octanol–water partition coefficient (Wildman–Crippen LogP) is 5.88. The number of hydrogen-bond acceptors (Lipinski definition) is 5. The van der Waals surface area contributed by atoms with Crippen molar-refractivity contribution in [2.75, 3.05) is 26.7 Å². The Morgan fingerprint density at radius 3 is 2.73 bits per heavy atom. The zero-order valence-electron chi connectivity index (χ0n) is 21.9. The Morgan fingerprint density at radius 1 is 1.11 bits per heavy atom. The van der Waals surface area contributed by atoms with Crippen molar-refractivity contribution in [3.63, 3.8) is 0 Å². The molecule has 2 aromatic carbocycles. The summed E-state index contributed by atoms with van der Waals surface area (Å²) in [5, 5.41) is 21.4. The Hall–Kier alpha value is -2.96. The normalized spacial score (nSPS) is 19.1. The number of aryl methyl sites for hydroxylation is 1. The second kappa shape index (κ2) is 13.5. The number of carbonyl (C=O) groups is 1. The van der Waals surface area contributed by atoms with E-state index in [9.17, 15) is 15.0 Å². The molecule has 2 unspecified atom stereocenters. The van der Waals surface area contributed by atoms with Crippen LogP contribution in [0, 0.1) is 11.8 Å². The number of ether oxygens (including phenoxy) is 1. The van der Waals surface area contributed by atoms with Gasteiger partial charge in [0.15, 0.2) is 0 Å². The van der Waals surface area contributed by atoms with Crippen LogP contribution in [0.4, 0.5) is 0 Å². The van der Waals surface area contributed by atoms with Crippen LogP contribution in [0.2, 0.25) is 0 Å². The number of nitrogens with zero attached hydrogens (tertiary/aromatic N) is 2. The van der Waals surface area contributed by atoms with Crippen LogP contribution in [0.5, 0.6) is 5.75 Å². The summed E-state index contributed by atoms with van der Waals surface area (Å²) in [5.41, 5.74) is 3.11. The van der Waals surface area contributed by atoms with Gasteiger partial charge in [-0.1, -0.05) is 30.3 Å². The Morgan fingerprint density at radius 2 is 1.95 bits per heavy atom. The molecule has 6 heteroatoms. The molecule has 37 heavy (non-hydrogen) atoms. The van der Waals surface area contributed by atoms with Gasteiger partial charge in [-0.3, -0.25) is 9.78 Å². The lowest BCUT2D eigenvalue weighted by atomic mass is 9.79. The summed E-state index contributed by atoms with van der Waals surface area (Å²) in [7, 11) is 1.64. The number of pyridine rings is 1. The van der Waals surface area contributed by atoms with Gasteiger partial charge < -0.3 is 19.8 Å². The highest BCUT2D eigenvalue weighted by atomic mass is 16.5. The Balaban J connectivity index is 1.32. The van der Waals surface area contributed by atoms with E-state index in [2.05, 4.69) is 40.2 Å². The molecule has 1 saturated heterocycles. The van der Waals surface area contributed by atoms with Gasteiger partial charge in [0, 0.05) is 24.5 Å². The number of aromatic nitrogens is 1. The minimum Gasteiger partial charge on any atom is -0.497 e. The number of hydrogen-bond donors (Lipinski definition) is 2. The summed E-state index contributed by atoms with van der Waals surface area (Å²) >= 11 is 0. The highest BCUT2D eigenvalue weighted by Crippen LogP contribution is 2.35. The molecule has 4 rings (SSSR count). The molecular formula is C31H40N2O4. The highest BCUT2D eigenvalue weighted by molar-refractivity contribution is 5.83. The number of carboxylic acid groups (broad SMARTS) is 1. The van der Waals surface area contributed by atoms with E-state index in [1.165, 1.54) is 12.0 Å². The fourth-order valence-electron chi connectivity index (χ4n) is 5.78. The van der Waals surface area contributed by atoms with E-state index in [1.807, 2.05) is 24.3 Å². The van der Waals surface area contributed by atoms with Gasteiger partial charge in [0.2, 0.25) is 0 Å². The van der Waals surface area contributed by atoms with E-state index in [4.69, 9.17) is 4.74 Å². The van der Waals surface area contributed by atoms with Gasteiger partial charge in [0.1, 0.15) is 5.75 Å². The number of aliphatic hydroxyl groups is 1. The maximum atomic E-state index is 11.3. The molecule has 3 aromatic rings. The Bertz CT molecular complexity index is 1140. The van der Waals surface area contributed by atoms with Crippen LogP contribution in [0.25, 0.3) is 10.9 Å². The molecule has 198 valence electrons. The minimum atomic E-state index is -0.726. The van der Waals surface area contributed by atoms with E-state index in [0.29, 0.717) is 24.7 Å². The van der Waals surface area contributed by atoms with Gasteiger partial charge in [0.25, 0.3) is 0 Å². The highest BCUT2D eigenvalue weighted by Gasteiger charge is 2.30. The summed E-state index contributed by atoms with van der Waals surface area (Å²) in [6, 6.07) is 18.3. The largest absolute Gasteiger partial charge is 0.497 e. The maximum absolute atomic E-state index is 11.3. The van der Waals surface area contributed by atoms with Crippen molar-refractivity contribution in [1.82, 2.24) is 9.88 Å². The van der Waals surface area contributed by atoms with Gasteiger partial charge in [0.05, 0.1) is 18.7 Å². The molecule has 2 heterocycles. The summed E-state index contributed by atoms with van der Waals surface area (Å²) < 4.78 is 5.38. The van der Waals surface area contributed by atoms with Crippen molar-refractivity contribution in [2.24, 2.45) is 11.8 Å². The zero-order chi connectivity index (χ0) is 26.0. The molecule has 1 fully saturated rings. The number of rotatable bonds is 13. The molecule has 0 amide bonds. The average Bonchev–Trinajstić information content (AvgIpc) is 2.93. The van der Waals surface area contributed by atoms with Gasteiger partial charge >= 0.3 is 5.97 Å². The van der Waals surface area contributed by atoms with E-state index < -0.39 is 12.1 Å². The van der Waals surface area contributed by atoms with Crippen molar-refractivity contribution in [3.8, 4) is 5.75 Å². The third-order valence-electron chi connectivity index (χ3n) is 7.89. The van der Waals surface area contributed by atoms with Gasteiger partial charge in [-0.25, -0.2) is 0 Å². The lowest BCUT2D eigenvalue weighted by Gasteiger charge is -2.39. The summed E-state index contributed by atoms with van der Waals surface area (Å²) in [5.74, 6) is 0.799. The first-order valence-electron chi connectivity index (χ1n) is 13.6. The first-order chi connectivity index (χ1) is 18.0. The van der Waals surface area contributed by atoms with Gasteiger partial charge in [-0.05, 0) is 105 Å². The number of likely N-dealkylation sites (tertiary alicyclic amines) is 1. The molecular weight excluding hydrogens is 464 g/mol. The monoisotopic (exact) mass is 504 g/mol. The fourth-order valence-corrected chi connectivity index (χ4v) is 5.78. The van der Waals surface area contributed by atoms with Crippen molar-refractivity contribution in [3.05, 3.63) is 71.9 Å². The quantitative estimate of drug-likeness (QED) is 0.283. The first kappa shape index (κ1) is 27.1. The molecule has 2 N–H and O–H groups in total.